The minimum Gasteiger partial charge on any atom is -0.497 e. The van der Waals surface area contributed by atoms with Gasteiger partial charge in [0.15, 0.2) is 0 Å². The van der Waals surface area contributed by atoms with Crippen molar-refractivity contribution in [2.24, 2.45) is 17.5 Å². The molecule has 0 unspecified atom stereocenters. The van der Waals surface area contributed by atoms with Crippen LogP contribution in [0.2, 0.25) is 0 Å². The molecule has 3 aromatic rings. The quantitative estimate of drug-likeness (QED) is 0.132. The van der Waals surface area contributed by atoms with Crippen LogP contribution in [0.1, 0.15) is 0 Å². The third kappa shape index (κ3) is 7.53. The van der Waals surface area contributed by atoms with Gasteiger partial charge in [-0.2, -0.15) is 15.5 Å². The third-order valence-corrected chi connectivity index (χ3v) is 6.56. The molecule has 0 aromatic heterocycles. The van der Waals surface area contributed by atoms with Crippen LogP contribution < -0.4 is 61.5 Å². The lowest BCUT2D eigenvalue weighted by atomic mass is 10.3. The number of hydrogen-bond donors (Lipinski definition) is 3. The molecular formula is C24H33N6O10P. The van der Waals surface area contributed by atoms with Gasteiger partial charge in [0.25, 0.3) is 0 Å². The predicted octanol–water partition coefficient (Wildman–Crippen LogP) is 3.08. The van der Waals surface area contributed by atoms with Crippen LogP contribution in [0.25, 0.3) is 0 Å². The molecule has 0 aliphatic rings. The van der Waals surface area contributed by atoms with Gasteiger partial charge < -0.3 is 28.4 Å². The van der Waals surface area contributed by atoms with Gasteiger partial charge in [-0.15, -0.1) is 13.9 Å². The molecule has 0 aliphatic heterocycles. The summed E-state index contributed by atoms with van der Waals surface area (Å²) >= 11 is 0. The van der Waals surface area contributed by atoms with Gasteiger partial charge in [0.05, 0.1) is 42.7 Å². The van der Waals surface area contributed by atoms with E-state index in [2.05, 4.69) is 0 Å². The fourth-order valence-corrected chi connectivity index (χ4v) is 4.40. The number of methoxy groups -OCH3 is 6. The fourth-order valence-electron chi connectivity index (χ4n) is 3.40. The van der Waals surface area contributed by atoms with E-state index in [-0.39, 0.29) is 34.3 Å². The van der Waals surface area contributed by atoms with Gasteiger partial charge in [-0.1, -0.05) is 0 Å². The van der Waals surface area contributed by atoms with Gasteiger partial charge in [-0.25, -0.2) is 22.1 Å². The van der Waals surface area contributed by atoms with E-state index in [9.17, 15) is 4.57 Å². The van der Waals surface area contributed by atoms with E-state index in [0.717, 1.165) is 0 Å². The average Bonchev–Trinajstić information content (AvgIpc) is 2.99. The van der Waals surface area contributed by atoms with E-state index in [1.165, 1.54) is 79.1 Å². The topological polar surface area (TPSA) is 188 Å². The van der Waals surface area contributed by atoms with Crippen LogP contribution in [0, 0.1) is 0 Å². The van der Waals surface area contributed by atoms with Crippen molar-refractivity contribution >= 4 is 24.9 Å². The van der Waals surface area contributed by atoms with Crippen LogP contribution in [0.15, 0.2) is 54.6 Å². The Balaban J connectivity index is 1.99. The molecule has 0 aliphatic carbocycles. The van der Waals surface area contributed by atoms with Gasteiger partial charge >= 0.3 is 7.82 Å². The number of ether oxygens (including phenoxy) is 6. The van der Waals surface area contributed by atoms with Gasteiger partial charge in [0, 0.05) is 18.2 Å². The normalized spacial score (nSPS) is 11.0. The Hall–Kier alpha value is -4.15. The molecule has 3 aromatic carbocycles. The number of nitrogens with zero attached hydrogens (tertiary/aromatic N) is 3. The SMILES string of the molecule is COc1ccc(N(N)OP(=O)(ON(N)c2ccc(OC)cc2OC)ON(N)c2ccc(OC)cc2OC)c(OC)c1. The van der Waals surface area contributed by atoms with Crippen LogP contribution in [0.5, 0.6) is 34.5 Å². The van der Waals surface area contributed by atoms with Crippen molar-refractivity contribution in [2.45, 2.75) is 0 Å². The van der Waals surface area contributed by atoms with Crippen LogP contribution in [0.3, 0.4) is 0 Å². The van der Waals surface area contributed by atoms with E-state index in [1.807, 2.05) is 0 Å². The zero-order valence-electron chi connectivity index (χ0n) is 23.3. The largest absolute Gasteiger partial charge is 0.543 e. The van der Waals surface area contributed by atoms with Crippen molar-refractivity contribution in [2.75, 3.05) is 58.2 Å². The lowest BCUT2D eigenvalue weighted by Crippen LogP contribution is -2.38. The van der Waals surface area contributed by atoms with Crippen molar-refractivity contribution in [1.82, 2.24) is 0 Å². The molecule has 0 atom stereocenters. The molecule has 224 valence electrons. The number of benzene rings is 3. The monoisotopic (exact) mass is 596 g/mol. The van der Waals surface area contributed by atoms with Crippen LogP contribution in [-0.2, 0) is 18.4 Å². The summed E-state index contributed by atoms with van der Waals surface area (Å²) in [4.78, 5) is 0. The van der Waals surface area contributed by atoms with Gasteiger partial charge in [0.1, 0.15) is 51.6 Å². The molecule has 0 amide bonds. The zero-order chi connectivity index (χ0) is 30.2. The standard InChI is InChI=1S/C24H33N6O10P/c1-32-16-7-10-19(22(13-16)35-4)28(25)38-41(31,39-29(26)20-11-8-17(33-2)14-23(20)36-5)40-30(27)21-12-9-18(34-3)15-24(21)37-6/h7-15H,25-27H2,1-6H3. The molecule has 6 N–H and O–H groups in total. The molecule has 0 saturated heterocycles. The first-order valence-electron chi connectivity index (χ1n) is 11.6. The molecule has 16 nitrogen and oxygen atoms in total. The van der Waals surface area contributed by atoms with Gasteiger partial charge in [-0.05, 0) is 36.4 Å². The average molecular weight is 597 g/mol. The highest BCUT2D eigenvalue weighted by Crippen LogP contribution is 2.54. The maximum atomic E-state index is 14.1. The Morgan fingerprint density at radius 2 is 0.756 bits per heavy atom. The first-order valence-corrected chi connectivity index (χ1v) is 13.1. The van der Waals surface area contributed by atoms with Crippen LogP contribution >= 0.6 is 7.82 Å². The summed E-state index contributed by atoms with van der Waals surface area (Å²) in [6, 6.07) is 13.8. The predicted molar refractivity (Wildman–Crippen MR) is 149 cm³/mol. The van der Waals surface area contributed by atoms with E-state index < -0.39 is 7.82 Å². The van der Waals surface area contributed by atoms with Crippen molar-refractivity contribution in [1.29, 1.82) is 0 Å². The van der Waals surface area contributed by atoms with Gasteiger partial charge in [0.2, 0.25) is 0 Å². The van der Waals surface area contributed by atoms with E-state index >= 15 is 0 Å². The van der Waals surface area contributed by atoms with E-state index in [0.29, 0.717) is 32.8 Å². The highest BCUT2D eigenvalue weighted by Gasteiger charge is 2.39. The van der Waals surface area contributed by atoms with Crippen LogP contribution in [-0.4, -0.2) is 42.7 Å². The van der Waals surface area contributed by atoms with Crippen LogP contribution in [0.4, 0.5) is 17.1 Å². The highest BCUT2D eigenvalue weighted by atomic mass is 31.2. The van der Waals surface area contributed by atoms with E-state index in [1.54, 1.807) is 18.2 Å². The summed E-state index contributed by atoms with van der Waals surface area (Å²) in [5.41, 5.74) is 0.366. The summed E-state index contributed by atoms with van der Waals surface area (Å²) in [5, 5.41) is 1.83. The van der Waals surface area contributed by atoms with E-state index in [4.69, 9.17) is 59.8 Å². The number of nitrogens with two attached hydrogens (primary N) is 3. The number of anilines is 3. The second-order valence-electron chi connectivity index (χ2n) is 7.78. The summed E-state index contributed by atoms with van der Waals surface area (Å²) in [5.74, 6) is 20.4. The lowest BCUT2D eigenvalue weighted by Gasteiger charge is -2.30. The van der Waals surface area contributed by atoms with Crippen molar-refractivity contribution in [3.8, 4) is 34.5 Å². The second-order valence-corrected chi connectivity index (χ2v) is 9.17. The smallest absolute Gasteiger partial charge is 0.497 e. The zero-order valence-corrected chi connectivity index (χ0v) is 24.2. The number of phosphoric acid groups is 1. The molecule has 0 radical (unpaired) electrons. The first-order chi connectivity index (χ1) is 19.6. The number of rotatable bonds is 15. The maximum absolute atomic E-state index is 14.1. The minimum absolute atomic E-state index is 0.122. The Morgan fingerprint density at radius 1 is 0.488 bits per heavy atom. The Labute approximate surface area is 236 Å². The summed E-state index contributed by atoms with van der Waals surface area (Å²) in [6.45, 7) is 0. The number of hydrazine groups is 3. The summed E-state index contributed by atoms with van der Waals surface area (Å²) < 4.78 is 62.2. The molecule has 0 bridgehead atoms. The minimum atomic E-state index is -4.89. The second kappa shape index (κ2) is 14.0. The van der Waals surface area contributed by atoms with Crippen molar-refractivity contribution in [3.05, 3.63) is 54.6 Å². The molecule has 0 heterocycles. The highest BCUT2D eigenvalue weighted by molar-refractivity contribution is 7.48. The molecule has 17 heteroatoms. The van der Waals surface area contributed by atoms with Crippen molar-refractivity contribution in [3.63, 3.8) is 0 Å². The molecule has 0 saturated carbocycles. The molecule has 41 heavy (non-hydrogen) atoms. The summed E-state index contributed by atoms with van der Waals surface area (Å²) in [7, 11) is 3.74. The molecule has 0 spiro atoms. The summed E-state index contributed by atoms with van der Waals surface area (Å²) in [6.07, 6.45) is 0. The Morgan fingerprint density at radius 3 is 0.976 bits per heavy atom. The third-order valence-electron chi connectivity index (χ3n) is 5.44. The Kier molecular flexibility index (Phi) is 10.7. The molecule has 0 fully saturated rings. The number of hydrogen-bond acceptors (Lipinski definition) is 16. The fraction of sp³-hybridized carbons (Fsp3) is 0.250. The molecular weight excluding hydrogens is 563 g/mol. The Bertz CT molecular complexity index is 1210. The van der Waals surface area contributed by atoms with Gasteiger partial charge in [-0.3, -0.25) is 0 Å². The van der Waals surface area contributed by atoms with Crippen molar-refractivity contribution < 1.29 is 46.9 Å². The lowest BCUT2D eigenvalue weighted by molar-refractivity contribution is 0.0849. The molecule has 3 rings (SSSR count). The maximum Gasteiger partial charge on any atom is 0.543 e. The first kappa shape index (κ1) is 31.4.